The van der Waals surface area contributed by atoms with Crippen molar-refractivity contribution in [3.63, 3.8) is 0 Å². The fourth-order valence-corrected chi connectivity index (χ4v) is 3.95. The highest BCUT2D eigenvalue weighted by Crippen LogP contribution is 2.34. The highest BCUT2D eigenvalue weighted by molar-refractivity contribution is 6.03. The van der Waals surface area contributed by atoms with E-state index in [1.165, 1.54) is 0 Å². The molecular formula is C20H23N5O5. The maximum absolute atomic E-state index is 12.3. The van der Waals surface area contributed by atoms with Gasteiger partial charge in [0.1, 0.15) is 17.3 Å². The lowest BCUT2D eigenvalue weighted by molar-refractivity contribution is -0.134. The quantitative estimate of drug-likeness (QED) is 0.585. The van der Waals surface area contributed by atoms with Crippen molar-refractivity contribution in [3.05, 3.63) is 23.9 Å². The van der Waals surface area contributed by atoms with Gasteiger partial charge < -0.3 is 15.4 Å². The number of benzene rings is 1. The van der Waals surface area contributed by atoms with Gasteiger partial charge in [0.2, 0.25) is 17.7 Å². The number of nitrogens with one attached hydrogen (secondary N) is 3. The summed E-state index contributed by atoms with van der Waals surface area (Å²) in [6.07, 6.45) is 2.08. The van der Waals surface area contributed by atoms with Crippen LogP contribution in [0.15, 0.2) is 18.2 Å². The molecule has 0 saturated carbocycles. The molecule has 0 aliphatic carbocycles. The minimum atomic E-state index is -0.540. The maximum Gasteiger partial charge on any atom is 0.258 e. The Hall–Kier alpha value is -3.43. The molecular weight excluding hydrogens is 390 g/mol. The Labute approximate surface area is 172 Å². The van der Waals surface area contributed by atoms with Crippen molar-refractivity contribution in [1.82, 2.24) is 25.7 Å². The third-order valence-electron chi connectivity index (χ3n) is 5.40. The summed E-state index contributed by atoms with van der Waals surface area (Å²) in [4.78, 5) is 47.8. The molecule has 3 N–H and O–H groups in total. The molecule has 1 aromatic heterocycles. The van der Waals surface area contributed by atoms with Crippen LogP contribution >= 0.6 is 0 Å². The number of aromatic nitrogens is 2. The SMILES string of the molecule is Cn1nc(C2CCC(=O)NC2=O)c2cccc(OCC(=O)NC3CCCNC3=O)c21. The maximum atomic E-state index is 12.3. The van der Waals surface area contributed by atoms with E-state index in [0.717, 1.165) is 11.8 Å². The van der Waals surface area contributed by atoms with Crippen molar-refractivity contribution >= 4 is 34.5 Å². The van der Waals surface area contributed by atoms with Crippen LogP contribution in [-0.4, -0.2) is 52.6 Å². The molecule has 2 aliphatic rings. The van der Waals surface area contributed by atoms with Crippen molar-refractivity contribution in [1.29, 1.82) is 0 Å². The van der Waals surface area contributed by atoms with Crippen LogP contribution in [0.1, 0.15) is 37.3 Å². The van der Waals surface area contributed by atoms with E-state index < -0.39 is 12.0 Å². The van der Waals surface area contributed by atoms with Crippen LogP contribution in [0.25, 0.3) is 10.9 Å². The number of fused-ring (bicyclic) bond motifs is 1. The number of carbonyl (C=O) groups excluding carboxylic acids is 4. The van der Waals surface area contributed by atoms with Crippen LogP contribution in [0.3, 0.4) is 0 Å². The van der Waals surface area contributed by atoms with E-state index in [1.807, 2.05) is 6.07 Å². The zero-order valence-electron chi connectivity index (χ0n) is 16.6. The summed E-state index contributed by atoms with van der Waals surface area (Å²) in [6.45, 7) is 0.377. The normalized spacial score (nSPS) is 21.8. The fraction of sp³-hybridized carbons (Fsp3) is 0.450. The zero-order chi connectivity index (χ0) is 21.3. The van der Waals surface area contributed by atoms with Crippen LogP contribution in [0.4, 0.5) is 0 Å². The van der Waals surface area contributed by atoms with Crippen molar-refractivity contribution < 1.29 is 23.9 Å². The summed E-state index contributed by atoms with van der Waals surface area (Å²) in [5.74, 6) is -1.28. The molecule has 0 radical (unpaired) electrons. The number of aryl methyl sites for hydroxylation is 1. The van der Waals surface area contributed by atoms with Crippen LogP contribution in [-0.2, 0) is 26.2 Å². The Morgan fingerprint density at radius 2 is 2.10 bits per heavy atom. The Kier molecular flexibility index (Phi) is 5.39. The average molecular weight is 413 g/mol. The van der Waals surface area contributed by atoms with E-state index >= 15 is 0 Å². The Balaban J connectivity index is 1.50. The second kappa shape index (κ2) is 8.13. The molecule has 2 fully saturated rings. The molecule has 3 heterocycles. The van der Waals surface area contributed by atoms with Gasteiger partial charge >= 0.3 is 0 Å². The third-order valence-corrected chi connectivity index (χ3v) is 5.40. The van der Waals surface area contributed by atoms with Crippen molar-refractivity contribution in [2.75, 3.05) is 13.2 Å². The van der Waals surface area contributed by atoms with Crippen molar-refractivity contribution in [2.45, 2.75) is 37.6 Å². The first-order chi connectivity index (χ1) is 14.4. The highest BCUT2D eigenvalue weighted by Gasteiger charge is 2.32. The average Bonchev–Trinajstić information content (AvgIpc) is 3.05. The number of nitrogens with zero attached hydrogens (tertiary/aromatic N) is 2. The first-order valence-corrected chi connectivity index (χ1v) is 9.93. The summed E-state index contributed by atoms with van der Waals surface area (Å²) in [6, 6.07) is 4.78. The fourth-order valence-electron chi connectivity index (χ4n) is 3.95. The molecule has 0 bridgehead atoms. The number of rotatable bonds is 5. The van der Waals surface area contributed by atoms with Crippen LogP contribution < -0.4 is 20.7 Å². The van der Waals surface area contributed by atoms with Crippen molar-refractivity contribution in [2.24, 2.45) is 7.05 Å². The van der Waals surface area contributed by atoms with Gasteiger partial charge in [-0.25, -0.2) is 0 Å². The van der Waals surface area contributed by atoms with Crippen molar-refractivity contribution in [3.8, 4) is 5.75 Å². The zero-order valence-corrected chi connectivity index (χ0v) is 16.6. The molecule has 2 atom stereocenters. The smallest absolute Gasteiger partial charge is 0.258 e. The molecule has 158 valence electrons. The van der Waals surface area contributed by atoms with Gasteiger partial charge in [-0.1, -0.05) is 12.1 Å². The Bertz CT molecular complexity index is 1030. The lowest BCUT2D eigenvalue weighted by Gasteiger charge is -2.22. The third kappa shape index (κ3) is 3.85. The summed E-state index contributed by atoms with van der Waals surface area (Å²) in [5.41, 5.74) is 1.23. The molecule has 0 spiro atoms. The summed E-state index contributed by atoms with van der Waals surface area (Å²) < 4.78 is 7.33. The van der Waals surface area contributed by atoms with Gasteiger partial charge in [-0.05, 0) is 25.3 Å². The first-order valence-electron chi connectivity index (χ1n) is 9.93. The number of imide groups is 1. The lowest BCUT2D eigenvalue weighted by Crippen LogP contribution is -2.51. The second-order valence-corrected chi connectivity index (χ2v) is 7.51. The lowest BCUT2D eigenvalue weighted by atomic mass is 9.93. The number of amides is 4. The minimum absolute atomic E-state index is 0.183. The van der Waals surface area contributed by atoms with Crippen LogP contribution in [0.2, 0.25) is 0 Å². The van der Waals surface area contributed by atoms with E-state index in [0.29, 0.717) is 36.3 Å². The molecule has 2 saturated heterocycles. The van der Waals surface area contributed by atoms with Gasteiger partial charge in [0.25, 0.3) is 5.91 Å². The van der Waals surface area contributed by atoms with Gasteiger partial charge in [-0.2, -0.15) is 5.10 Å². The number of para-hydroxylation sites is 1. The molecule has 4 rings (SSSR count). The molecule has 4 amide bonds. The number of hydrogen-bond donors (Lipinski definition) is 3. The highest BCUT2D eigenvalue weighted by atomic mass is 16.5. The molecule has 30 heavy (non-hydrogen) atoms. The largest absolute Gasteiger partial charge is 0.482 e. The Morgan fingerprint density at radius 1 is 1.27 bits per heavy atom. The molecule has 10 nitrogen and oxygen atoms in total. The topological polar surface area (TPSA) is 131 Å². The van der Waals surface area contributed by atoms with Gasteiger partial charge in [0.05, 0.1) is 11.6 Å². The van der Waals surface area contributed by atoms with E-state index in [1.54, 1.807) is 23.9 Å². The van der Waals surface area contributed by atoms with E-state index in [9.17, 15) is 19.2 Å². The number of hydrogen-bond acceptors (Lipinski definition) is 6. The van der Waals surface area contributed by atoms with Gasteiger partial charge in [-0.3, -0.25) is 29.2 Å². The standard InChI is InChI=1S/C20H23N5O5/c1-25-18-11(17(24-25)12-7-8-15(26)23-19(12)28)4-2-6-14(18)30-10-16(27)22-13-5-3-9-21-20(13)29/h2,4,6,12-13H,3,5,7-10H2,1H3,(H,21,29)(H,22,27)(H,23,26,28). The predicted molar refractivity (Wildman–Crippen MR) is 106 cm³/mol. The molecule has 2 unspecified atom stereocenters. The number of carbonyl (C=O) groups is 4. The van der Waals surface area contributed by atoms with E-state index in [-0.39, 0.29) is 36.7 Å². The molecule has 2 aromatic rings. The van der Waals surface area contributed by atoms with E-state index in [4.69, 9.17) is 4.74 Å². The van der Waals surface area contributed by atoms with Gasteiger partial charge in [-0.15, -0.1) is 0 Å². The molecule has 10 heteroatoms. The number of piperidine rings is 2. The summed E-state index contributed by atoms with van der Waals surface area (Å²) >= 11 is 0. The van der Waals surface area contributed by atoms with Gasteiger partial charge in [0, 0.05) is 25.4 Å². The van der Waals surface area contributed by atoms with E-state index in [2.05, 4.69) is 21.0 Å². The molecule has 2 aliphatic heterocycles. The van der Waals surface area contributed by atoms with Gasteiger partial charge in [0.15, 0.2) is 6.61 Å². The number of ether oxygens (including phenoxy) is 1. The monoisotopic (exact) mass is 413 g/mol. The summed E-state index contributed by atoms with van der Waals surface area (Å²) in [5, 5.41) is 13.0. The minimum Gasteiger partial charge on any atom is -0.482 e. The first kappa shape index (κ1) is 19.9. The molecule has 1 aromatic carbocycles. The predicted octanol–water partition coefficient (Wildman–Crippen LogP) is -0.133. The second-order valence-electron chi connectivity index (χ2n) is 7.51. The van der Waals surface area contributed by atoms with Crippen LogP contribution in [0.5, 0.6) is 5.75 Å². The Morgan fingerprint density at radius 3 is 2.87 bits per heavy atom. The summed E-state index contributed by atoms with van der Waals surface area (Å²) in [7, 11) is 1.73. The van der Waals surface area contributed by atoms with Crippen LogP contribution in [0, 0.1) is 0 Å².